The van der Waals surface area contributed by atoms with Gasteiger partial charge in [0, 0.05) is 6.04 Å². The highest BCUT2D eigenvalue weighted by atomic mass is 16.3. The topological polar surface area (TPSA) is 52.6 Å². The van der Waals surface area contributed by atoms with Gasteiger partial charge in [-0.1, -0.05) is 13.8 Å². The van der Waals surface area contributed by atoms with Crippen LogP contribution in [0.3, 0.4) is 0 Å². The van der Waals surface area contributed by atoms with Gasteiger partial charge in [0.05, 0.1) is 19.2 Å². The number of urea groups is 1. The summed E-state index contributed by atoms with van der Waals surface area (Å²) in [5.74, 6) is 0.440. The third-order valence-electron chi connectivity index (χ3n) is 2.50. The fourth-order valence-electron chi connectivity index (χ4n) is 1.07. The second kappa shape index (κ2) is 3.96. The van der Waals surface area contributed by atoms with E-state index in [1.807, 2.05) is 6.92 Å². The van der Waals surface area contributed by atoms with E-state index < -0.39 is 0 Å². The third kappa shape index (κ3) is 2.59. The Hall–Kier alpha value is -0.770. The van der Waals surface area contributed by atoms with E-state index in [9.17, 15) is 4.79 Å². The standard InChI is InChI=1S/C9H18N2O2/c1-6(2)7(3)10-9(13)11-4-8(12)5-11/h6-8,12H,4-5H2,1-3H3,(H,10,13). The maximum absolute atomic E-state index is 11.4. The van der Waals surface area contributed by atoms with E-state index in [1.54, 1.807) is 4.90 Å². The zero-order chi connectivity index (χ0) is 10.0. The first-order valence-electron chi connectivity index (χ1n) is 4.74. The van der Waals surface area contributed by atoms with E-state index in [0.717, 1.165) is 0 Å². The molecule has 1 atom stereocenters. The molecule has 0 aromatic rings. The van der Waals surface area contributed by atoms with Crippen LogP contribution in [0.15, 0.2) is 0 Å². The summed E-state index contributed by atoms with van der Waals surface area (Å²) < 4.78 is 0. The molecule has 2 N–H and O–H groups in total. The number of aliphatic hydroxyl groups is 1. The van der Waals surface area contributed by atoms with Crippen LogP contribution in [0.25, 0.3) is 0 Å². The minimum absolute atomic E-state index is 0.0634. The highest BCUT2D eigenvalue weighted by molar-refractivity contribution is 5.75. The van der Waals surface area contributed by atoms with Crippen molar-refractivity contribution < 1.29 is 9.90 Å². The van der Waals surface area contributed by atoms with Gasteiger partial charge in [-0.3, -0.25) is 0 Å². The number of nitrogens with one attached hydrogen (secondary N) is 1. The Labute approximate surface area is 78.9 Å². The molecule has 13 heavy (non-hydrogen) atoms. The smallest absolute Gasteiger partial charge is 0.317 e. The summed E-state index contributed by atoms with van der Waals surface area (Å²) in [4.78, 5) is 13.0. The minimum Gasteiger partial charge on any atom is -0.389 e. The summed E-state index contributed by atoms with van der Waals surface area (Å²) in [6.45, 7) is 7.05. The molecule has 0 aromatic carbocycles. The first kappa shape index (κ1) is 10.3. The molecule has 1 aliphatic rings. The van der Waals surface area contributed by atoms with Crippen molar-refractivity contribution in [1.29, 1.82) is 0 Å². The van der Waals surface area contributed by atoms with Gasteiger partial charge in [0.1, 0.15) is 0 Å². The highest BCUT2D eigenvalue weighted by Gasteiger charge is 2.29. The molecule has 1 rings (SSSR count). The van der Waals surface area contributed by atoms with E-state index in [1.165, 1.54) is 0 Å². The number of likely N-dealkylation sites (tertiary alicyclic amines) is 1. The Bertz CT molecular complexity index is 188. The Morgan fingerprint density at radius 1 is 1.46 bits per heavy atom. The number of rotatable bonds is 2. The summed E-state index contributed by atoms with van der Waals surface area (Å²) in [6, 6.07) is 0.122. The second-order valence-electron chi connectivity index (χ2n) is 4.04. The molecule has 0 radical (unpaired) electrons. The second-order valence-corrected chi connectivity index (χ2v) is 4.04. The third-order valence-corrected chi connectivity index (χ3v) is 2.50. The molecule has 0 aliphatic carbocycles. The van der Waals surface area contributed by atoms with Gasteiger partial charge in [-0.15, -0.1) is 0 Å². The van der Waals surface area contributed by atoms with Gasteiger partial charge in [-0.05, 0) is 12.8 Å². The SMILES string of the molecule is CC(C)C(C)NC(=O)N1CC(O)C1. The molecule has 1 aliphatic heterocycles. The average molecular weight is 186 g/mol. The first-order valence-corrected chi connectivity index (χ1v) is 4.74. The predicted octanol–water partition coefficient (Wildman–Crippen LogP) is 0.417. The molecule has 1 heterocycles. The van der Waals surface area contributed by atoms with E-state index in [-0.39, 0.29) is 18.2 Å². The van der Waals surface area contributed by atoms with Crippen LogP contribution < -0.4 is 5.32 Å². The lowest BCUT2D eigenvalue weighted by molar-refractivity contribution is 0.0255. The van der Waals surface area contributed by atoms with Crippen molar-refractivity contribution in [2.75, 3.05) is 13.1 Å². The molecule has 0 bridgehead atoms. The van der Waals surface area contributed by atoms with Gasteiger partial charge in [0.2, 0.25) is 0 Å². The summed E-state index contributed by atoms with van der Waals surface area (Å²) >= 11 is 0. The van der Waals surface area contributed by atoms with Gasteiger partial charge < -0.3 is 15.3 Å². The number of amides is 2. The first-order chi connectivity index (χ1) is 6.00. The van der Waals surface area contributed by atoms with Gasteiger partial charge in [-0.2, -0.15) is 0 Å². The largest absolute Gasteiger partial charge is 0.389 e. The fourth-order valence-corrected chi connectivity index (χ4v) is 1.07. The van der Waals surface area contributed by atoms with Gasteiger partial charge >= 0.3 is 6.03 Å². The average Bonchev–Trinajstić information content (AvgIpc) is 1.98. The van der Waals surface area contributed by atoms with E-state index >= 15 is 0 Å². The maximum atomic E-state index is 11.4. The quantitative estimate of drug-likeness (QED) is 0.656. The Morgan fingerprint density at radius 3 is 2.38 bits per heavy atom. The van der Waals surface area contributed by atoms with Crippen LogP contribution in [0, 0.1) is 5.92 Å². The molecular formula is C9H18N2O2. The molecule has 1 unspecified atom stereocenters. The molecule has 4 heteroatoms. The molecule has 1 saturated heterocycles. The van der Waals surface area contributed by atoms with Gasteiger partial charge in [-0.25, -0.2) is 4.79 Å². The normalized spacial score (nSPS) is 19.9. The van der Waals surface area contributed by atoms with Crippen LogP contribution in [-0.4, -0.2) is 41.3 Å². The van der Waals surface area contributed by atoms with Crippen molar-refractivity contribution in [3.8, 4) is 0 Å². The van der Waals surface area contributed by atoms with Crippen LogP contribution in [-0.2, 0) is 0 Å². The monoisotopic (exact) mass is 186 g/mol. The van der Waals surface area contributed by atoms with Crippen LogP contribution in [0.5, 0.6) is 0 Å². The van der Waals surface area contributed by atoms with Gasteiger partial charge in [0.25, 0.3) is 0 Å². The fraction of sp³-hybridized carbons (Fsp3) is 0.889. The molecule has 0 spiro atoms. The van der Waals surface area contributed by atoms with E-state index in [4.69, 9.17) is 5.11 Å². The molecule has 1 fully saturated rings. The lowest BCUT2D eigenvalue weighted by Crippen LogP contribution is -2.58. The molecular weight excluding hydrogens is 168 g/mol. The van der Waals surface area contributed by atoms with Crippen LogP contribution >= 0.6 is 0 Å². The van der Waals surface area contributed by atoms with Gasteiger partial charge in [0.15, 0.2) is 0 Å². The highest BCUT2D eigenvalue weighted by Crippen LogP contribution is 2.08. The summed E-state index contributed by atoms with van der Waals surface area (Å²) in [5, 5.41) is 11.9. The summed E-state index contributed by atoms with van der Waals surface area (Å²) in [6.07, 6.45) is -0.319. The van der Waals surface area contributed by atoms with Crippen LogP contribution in [0.2, 0.25) is 0 Å². The number of hydrogen-bond acceptors (Lipinski definition) is 2. The Morgan fingerprint density at radius 2 is 2.00 bits per heavy atom. The number of β-amino-alcohol motifs (C(OH)–C–C–N with tert-alkyl or cyclic N) is 1. The van der Waals surface area contributed by atoms with Crippen LogP contribution in [0.1, 0.15) is 20.8 Å². The van der Waals surface area contributed by atoms with Crippen molar-refractivity contribution in [3.05, 3.63) is 0 Å². The minimum atomic E-state index is -0.319. The summed E-state index contributed by atoms with van der Waals surface area (Å²) in [7, 11) is 0. The maximum Gasteiger partial charge on any atom is 0.317 e. The van der Waals surface area contributed by atoms with Crippen molar-refractivity contribution in [2.45, 2.75) is 32.9 Å². The summed E-state index contributed by atoms with van der Waals surface area (Å²) in [5.41, 5.74) is 0. The molecule has 76 valence electrons. The van der Waals surface area contributed by atoms with Crippen molar-refractivity contribution in [1.82, 2.24) is 10.2 Å². The predicted molar refractivity (Wildman–Crippen MR) is 50.4 cm³/mol. The number of aliphatic hydroxyl groups excluding tert-OH is 1. The lowest BCUT2D eigenvalue weighted by atomic mass is 10.1. The van der Waals surface area contributed by atoms with E-state index in [2.05, 4.69) is 19.2 Å². The van der Waals surface area contributed by atoms with Crippen molar-refractivity contribution in [2.24, 2.45) is 5.92 Å². The number of hydrogen-bond donors (Lipinski definition) is 2. The molecule has 4 nitrogen and oxygen atoms in total. The Kier molecular flexibility index (Phi) is 3.14. The number of carbonyl (C=O) groups is 1. The zero-order valence-electron chi connectivity index (χ0n) is 8.45. The van der Waals surface area contributed by atoms with Crippen molar-refractivity contribution in [3.63, 3.8) is 0 Å². The molecule has 0 saturated carbocycles. The number of carbonyl (C=O) groups excluding carboxylic acids is 1. The van der Waals surface area contributed by atoms with Crippen LogP contribution in [0.4, 0.5) is 4.79 Å². The van der Waals surface area contributed by atoms with Crippen molar-refractivity contribution >= 4 is 6.03 Å². The molecule has 2 amide bonds. The number of nitrogens with zero attached hydrogens (tertiary/aromatic N) is 1. The Balaban J connectivity index is 2.25. The zero-order valence-corrected chi connectivity index (χ0v) is 8.45. The molecule has 0 aromatic heterocycles. The van der Waals surface area contributed by atoms with E-state index in [0.29, 0.717) is 19.0 Å². The lowest BCUT2D eigenvalue weighted by Gasteiger charge is -2.36.